The Morgan fingerprint density at radius 3 is 2.58 bits per heavy atom. The molecule has 0 amide bonds. The van der Waals surface area contributed by atoms with Crippen molar-refractivity contribution in [3.8, 4) is 0 Å². The summed E-state index contributed by atoms with van der Waals surface area (Å²) in [5, 5.41) is 12.9. The Morgan fingerprint density at radius 1 is 1.00 bits per heavy atom. The predicted octanol–water partition coefficient (Wildman–Crippen LogP) is 2.89. The van der Waals surface area contributed by atoms with Crippen molar-refractivity contribution in [2.45, 2.75) is 12.5 Å². The van der Waals surface area contributed by atoms with Crippen molar-refractivity contribution in [2.75, 3.05) is 0 Å². The molecule has 3 heteroatoms. The molecule has 3 rings (SSSR count). The van der Waals surface area contributed by atoms with Gasteiger partial charge < -0.3 is 5.11 Å². The molecule has 0 aliphatic rings. The fourth-order valence-corrected chi connectivity index (χ4v) is 2.29. The SMILES string of the molecule is CC(O)(c1ccccn1)c1cncc2ccccc12. The maximum absolute atomic E-state index is 10.9. The summed E-state index contributed by atoms with van der Waals surface area (Å²) in [5.41, 5.74) is 0.229. The predicted molar refractivity (Wildman–Crippen MR) is 74.7 cm³/mol. The van der Waals surface area contributed by atoms with Crippen LogP contribution in [-0.2, 0) is 5.60 Å². The number of hydrogen-bond donors (Lipinski definition) is 1. The molecule has 0 saturated carbocycles. The monoisotopic (exact) mass is 250 g/mol. The van der Waals surface area contributed by atoms with Crippen molar-refractivity contribution in [3.05, 3.63) is 72.3 Å². The van der Waals surface area contributed by atoms with Crippen LogP contribution in [0.1, 0.15) is 18.2 Å². The van der Waals surface area contributed by atoms with E-state index < -0.39 is 5.60 Å². The summed E-state index contributed by atoms with van der Waals surface area (Å²) < 4.78 is 0. The molecule has 0 spiro atoms. The van der Waals surface area contributed by atoms with E-state index in [1.165, 1.54) is 0 Å². The third-order valence-corrected chi connectivity index (χ3v) is 3.36. The van der Waals surface area contributed by atoms with Crippen LogP contribution in [0.4, 0.5) is 0 Å². The zero-order chi connectivity index (χ0) is 13.3. The van der Waals surface area contributed by atoms with Crippen LogP contribution in [-0.4, -0.2) is 15.1 Å². The van der Waals surface area contributed by atoms with Crippen LogP contribution >= 0.6 is 0 Å². The minimum atomic E-state index is -1.16. The van der Waals surface area contributed by atoms with Gasteiger partial charge in [-0.1, -0.05) is 30.3 Å². The molecule has 3 nitrogen and oxygen atoms in total. The minimum absolute atomic E-state index is 0.619. The lowest BCUT2D eigenvalue weighted by Gasteiger charge is -2.24. The Hall–Kier alpha value is -2.26. The van der Waals surface area contributed by atoms with Gasteiger partial charge in [0.15, 0.2) is 0 Å². The topological polar surface area (TPSA) is 46.0 Å². The Kier molecular flexibility index (Phi) is 2.76. The molecule has 0 bridgehead atoms. The van der Waals surface area contributed by atoms with Gasteiger partial charge in [0, 0.05) is 29.5 Å². The highest BCUT2D eigenvalue weighted by molar-refractivity contribution is 5.85. The van der Waals surface area contributed by atoms with Crippen LogP contribution in [0, 0.1) is 0 Å². The third-order valence-electron chi connectivity index (χ3n) is 3.36. The number of hydrogen-bond acceptors (Lipinski definition) is 3. The molecule has 0 aliphatic carbocycles. The average Bonchev–Trinajstić information content (AvgIpc) is 2.47. The summed E-state index contributed by atoms with van der Waals surface area (Å²) in [7, 11) is 0. The lowest BCUT2D eigenvalue weighted by atomic mass is 9.90. The second-order valence-corrected chi connectivity index (χ2v) is 4.70. The molecule has 0 fully saturated rings. The van der Waals surface area contributed by atoms with E-state index in [2.05, 4.69) is 9.97 Å². The van der Waals surface area contributed by atoms with Gasteiger partial charge in [-0.3, -0.25) is 9.97 Å². The first-order chi connectivity index (χ1) is 9.19. The molecule has 94 valence electrons. The van der Waals surface area contributed by atoms with Gasteiger partial charge >= 0.3 is 0 Å². The highest BCUT2D eigenvalue weighted by Crippen LogP contribution is 2.32. The van der Waals surface area contributed by atoms with Gasteiger partial charge in [-0.05, 0) is 24.4 Å². The average molecular weight is 250 g/mol. The molecule has 1 unspecified atom stereocenters. The first-order valence-electron chi connectivity index (χ1n) is 6.17. The number of aromatic nitrogens is 2. The molecule has 0 aliphatic heterocycles. The van der Waals surface area contributed by atoms with Crippen molar-refractivity contribution in [3.63, 3.8) is 0 Å². The molecule has 1 aromatic carbocycles. The Balaban J connectivity index is 2.24. The lowest BCUT2D eigenvalue weighted by Crippen LogP contribution is -2.24. The summed E-state index contributed by atoms with van der Waals surface area (Å²) in [5.74, 6) is 0. The molecule has 1 N–H and O–H groups in total. The van der Waals surface area contributed by atoms with E-state index in [-0.39, 0.29) is 0 Å². The van der Waals surface area contributed by atoms with E-state index in [4.69, 9.17) is 0 Å². The van der Waals surface area contributed by atoms with E-state index in [1.807, 2.05) is 42.5 Å². The largest absolute Gasteiger partial charge is 0.379 e. The molecule has 19 heavy (non-hydrogen) atoms. The Labute approximate surface area is 111 Å². The standard InChI is InChI=1S/C16H14N2O/c1-16(19,15-8-4-5-9-18-15)14-11-17-10-12-6-2-3-7-13(12)14/h2-11,19H,1H3. The van der Waals surface area contributed by atoms with Gasteiger partial charge in [0.05, 0.1) is 5.69 Å². The molecule has 0 radical (unpaired) electrons. The summed E-state index contributed by atoms with van der Waals surface area (Å²) in [6.45, 7) is 1.75. The van der Waals surface area contributed by atoms with Gasteiger partial charge in [-0.2, -0.15) is 0 Å². The molecule has 0 saturated heterocycles. The van der Waals surface area contributed by atoms with E-state index in [1.54, 1.807) is 25.5 Å². The molecule has 2 aromatic heterocycles. The molecule has 3 aromatic rings. The van der Waals surface area contributed by atoms with Crippen LogP contribution in [0.5, 0.6) is 0 Å². The molecular weight excluding hydrogens is 236 g/mol. The van der Waals surface area contributed by atoms with Gasteiger partial charge in [0.2, 0.25) is 0 Å². The third kappa shape index (κ3) is 1.98. The second kappa shape index (κ2) is 4.44. The van der Waals surface area contributed by atoms with Gasteiger partial charge in [-0.25, -0.2) is 0 Å². The van der Waals surface area contributed by atoms with Crippen LogP contribution in [0.3, 0.4) is 0 Å². The quantitative estimate of drug-likeness (QED) is 0.760. The Morgan fingerprint density at radius 2 is 1.79 bits per heavy atom. The summed E-state index contributed by atoms with van der Waals surface area (Å²) in [6.07, 6.45) is 5.19. The smallest absolute Gasteiger partial charge is 0.131 e. The number of nitrogens with zero attached hydrogens (tertiary/aromatic N) is 2. The first-order valence-corrected chi connectivity index (χ1v) is 6.17. The van der Waals surface area contributed by atoms with Crippen LogP contribution < -0.4 is 0 Å². The van der Waals surface area contributed by atoms with E-state index in [0.29, 0.717) is 5.69 Å². The number of benzene rings is 1. The summed E-state index contributed by atoms with van der Waals surface area (Å²) in [6, 6.07) is 13.4. The van der Waals surface area contributed by atoms with Crippen molar-refractivity contribution in [1.29, 1.82) is 0 Å². The first kappa shape index (κ1) is 11.8. The summed E-state index contributed by atoms with van der Waals surface area (Å²) >= 11 is 0. The van der Waals surface area contributed by atoms with Crippen molar-refractivity contribution < 1.29 is 5.11 Å². The fourth-order valence-electron chi connectivity index (χ4n) is 2.29. The highest BCUT2D eigenvalue weighted by atomic mass is 16.3. The van der Waals surface area contributed by atoms with Crippen molar-refractivity contribution in [1.82, 2.24) is 9.97 Å². The van der Waals surface area contributed by atoms with E-state index >= 15 is 0 Å². The zero-order valence-electron chi connectivity index (χ0n) is 10.6. The van der Waals surface area contributed by atoms with E-state index in [0.717, 1.165) is 16.3 Å². The maximum atomic E-state index is 10.9. The normalized spacial score (nSPS) is 14.2. The second-order valence-electron chi connectivity index (χ2n) is 4.70. The van der Waals surface area contributed by atoms with Gasteiger partial charge in [-0.15, -0.1) is 0 Å². The number of fused-ring (bicyclic) bond motifs is 1. The van der Waals surface area contributed by atoms with Gasteiger partial charge in [0.25, 0.3) is 0 Å². The number of pyridine rings is 2. The molecular formula is C16H14N2O. The van der Waals surface area contributed by atoms with Crippen LogP contribution in [0.2, 0.25) is 0 Å². The number of rotatable bonds is 2. The molecule has 1 atom stereocenters. The Bertz CT molecular complexity index is 703. The van der Waals surface area contributed by atoms with Crippen molar-refractivity contribution >= 4 is 10.8 Å². The van der Waals surface area contributed by atoms with Crippen LogP contribution in [0.15, 0.2) is 61.1 Å². The highest BCUT2D eigenvalue weighted by Gasteiger charge is 2.29. The molecule has 2 heterocycles. The van der Waals surface area contributed by atoms with Crippen LogP contribution in [0.25, 0.3) is 10.8 Å². The fraction of sp³-hybridized carbons (Fsp3) is 0.125. The zero-order valence-corrected chi connectivity index (χ0v) is 10.6. The summed E-state index contributed by atoms with van der Waals surface area (Å²) in [4.78, 5) is 8.47. The number of aliphatic hydroxyl groups is 1. The van der Waals surface area contributed by atoms with E-state index in [9.17, 15) is 5.11 Å². The minimum Gasteiger partial charge on any atom is -0.379 e. The lowest BCUT2D eigenvalue weighted by molar-refractivity contribution is 0.0986. The van der Waals surface area contributed by atoms with Gasteiger partial charge in [0.1, 0.15) is 5.60 Å². The van der Waals surface area contributed by atoms with Crippen molar-refractivity contribution in [2.24, 2.45) is 0 Å². The maximum Gasteiger partial charge on any atom is 0.131 e.